The van der Waals surface area contributed by atoms with Gasteiger partial charge in [-0.1, -0.05) is 315 Å². The van der Waals surface area contributed by atoms with Crippen LogP contribution in [0, 0.1) is 0 Å². The average Bonchev–Trinajstić information content (AvgIpc) is 3.36. The number of carbonyl (C=O) groups is 3. The summed E-state index contributed by atoms with van der Waals surface area (Å²) in [6, 6.07) is 0. The number of hydrogen-bond acceptors (Lipinski definition) is 6. The van der Waals surface area contributed by atoms with Gasteiger partial charge in [-0.2, -0.15) is 0 Å². The van der Waals surface area contributed by atoms with Crippen molar-refractivity contribution in [2.24, 2.45) is 0 Å². The number of esters is 3. The van der Waals surface area contributed by atoms with Crippen molar-refractivity contribution in [1.29, 1.82) is 0 Å². The second kappa shape index (κ2) is 59.7. The minimum absolute atomic E-state index is 0.0682. The van der Waals surface area contributed by atoms with Crippen LogP contribution in [0.25, 0.3) is 0 Å². The van der Waals surface area contributed by atoms with E-state index in [-0.39, 0.29) is 31.1 Å². The van der Waals surface area contributed by atoms with Gasteiger partial charge in [-0.3, -0.25) is 14.4 Å². The molecule has 0 radical (unpaired) electrons. The van der Waals surface area contributed by atoms with Gasteiger partial charge in [0.25, 0.3) is 0 Å². The lowest BCUT2D eigenvalue weighted by Gasteiger charge is -2.18. The predicted octanol–water partition coefficient (Wildman–Crippen LogP) is 21.3. The maximum Gasteiger partial charge on any atom is 0.306 e. The zero-order valence-corrected chi connectivity index (χ0v) is 47.6. The van der Waals surface area contributed by atoms with Crippen molar-refractivity contribution in [3.8, 4) is 0 Å². The second-order valence-electron chi connectivity index (χ2n) is 21.7. The van der Waals surface area contributed by atoms with Crippen molar-refractivity contribution in [3.63, 3.8) is 0 Å². The van der Waals surface area contributed by atoms with E-state index in [0.717, 1.165) is 70.6 Å². The van der Waals surface area contributed by atoms with Gasteiger partial charge in [0.05, 0.1) is 0 Å². The summed E-state index contributed by atoms with van der Waals surface area (Å²) in [7, 11) is 0. The Morgan fingerprint density at radius 2 is 0.500 bits per heavy atom. The molecule has 0 fully saturated rings. The largest absolute Gasteiger partial charge is 0.462 e. The quantitative estimate of drug-likeness (QED) is 0.0261. The summed E-state index contributed by atoms with van der Waals surface area (Å²) < 4.78 is 16.8. The van der Waals surface area contributed by atoms with E-state index < -0.39 is 6.10 Å². The maximum absolute atomic E-state index is 12.8. The molecular weight excluding hydrogens is 865 g/mol. The maximum atomic E-state index is 12.8. The molecular formula is C64H122O6. The van der Waals surface area contributed by atoms with Crippen LogP contribution in [0.15, 0.2) is 12.2 Å². The van der Waals surface area contributed by atoms with Crippen LogP contribution in [0.2, 0.25) is 0 Å². The van der Waals surface area contributed by atoms with E-state index in [0.29, 0.717) is 19.3 Å². The fourth-order valence-electron chi connectivity index (χ4n) is 9.74. The van der Waals surface area contributed by atoms with Gasteiger partial charge >= 0.3 is 17.9 Å². The first kappa shape index (κ1) is 68.2. The van der Waals surface area contributed by atoms with Crippen molar-refractivity contribution >= 4 is 17.9 Å². The molecule has 0 heterocycles. The van der Waals surface area contributed by atoms with E-state index in [1.807, 2.05) is 0 Å². The number of hydrogen-bond donors (Lipinski definition) is 0. The summed E-state index contributed by atoms with van der Waals surface area (Å²) in [6.45, 7) is 6.61. The molecule has 0 aromatic heterocycles. The highest BCUT2D eigenvalue weighted by atomic mass is 16.6. The summed E-state index contributed by atoms with van der Waals surface area (Å²) in [5.41, 5.74) is 0. The Labute approximate surface area is 437 Å². The first-order valence-electron chi connectivity index (χ1n) is 31.7. The Morgan fingerprint density at radius 1 is 0.271 bits per heavy atom. The van der Waals surface area contributed by atoms with E-state index in [1.165, 1.54) is 250 Å². The third-order valence-electron chi connectivity index (χ3n) is 14.5. The number of allylic oxidation sites excluding steroid dienone is 2. The van der Waals surface area contributed by atoms with Gasteiger partial charge in [0, 0.05) is 19.3 Å². The molecule has 414 valence electrons. The van der Waals surface area contributed by atoms with E-state index in [2.05, 4.69) is 32.9 Å². The van der Waals surface area contributed by atoms with Crippen molar-refractivity contribution in [2.75, 3.05) is 13.2 Å². The molecule has 0 aromatic carbocycles. The highest BCUT2D eigenvalue weighted by molar-refractivity contribution is 5.71. The topological polar surface area (TPSA) is 78.9 Å². The van der Waals surface area contributed by atoms with E-state index in [9.17, 15) is 14.4 Å². The summed E-state index contributed by atoms with van der Waals surface area (Å²) >= 11 is 0. The second-order valence-corrected chi connectivity index (χ2v) is 21.7. The van der Waals surface area contributed by atoms with E-state index in [1.54, 1.807) is 0 Å². The van der Waals surface area contributed by atoms with Gasteiger partial charge in [-0.15, -0.1) is 0 Å². The minimum Gasteiger partial charge on any atom is -0.462 e. The van der Waals surface area contributed by atoms with E-state index in [4.69, 9.17) is 14.2 Å². The first-order chi connectivity index (χ1) is 34.5. The Morgan fingerprint density at radius 3 is 0.771 bits per heavy atom. The van der Waals surface area contributed by atoms with Gasteiger partial charge in [0.2, 0.25) is 0 Å². The zero-order chi connectivity index (χ0) is 50.7. The molecule has 0 spiro atoms. The molecule has 1 unspecified atom stereocenters. The number of unbranched alkanes of at least 4 members (excludes halogenated alkanes) is 46. The van der Waals surface area contributed by atoms with Crippen LogP contribution in [0.3, 0.4) is 0 Å². The fraction of sp³-hybridized carbons (Fsp3) is 0.922. The van der Waals surface area contributed by atoms with Gasteiger partial charge in [-0.25, -0.2) is 0 Å². The Hall–Kier alpha value is -1.85. The molecule has 0 amide bonds. The Bertz CT molecular complexity index is 1090. The molecule has 0 rings (SSSR count). The van der Waals surface area contributed by atoms with Crippen molar-refractivity contribution in [3.05, 3.63) is 12.2 Å². The van der Waals surface area contributed by atoms with Gasteiger partial charge in [0.15, 0.2) is 6.10 Å². The molecule has 0 aliphatic rings. The van der Waals surface area contributed by atoms with Crippen LogP contribution < -0.4 is 0 Å². The van der Waals surface area contributed by atoms with Gasteiger partial charge < -0.3 is 14.2 Å². The van der Waals surface area contributed by atoms with Crippen LogP contribution >= 0.6 is 0 Å². The summed E-state index contributed by atoms with van der Waals surface area (Å²) in [5.74, 6) is -0.860. The summed E-state index contributed by atoms with van der Waals surface area (Å²) in [4.78, 5) is 38.0. The molecule has 0 aliphatic carbocycles. The van der Waals surface area contributed by atoms with Crippen LogP contribution in [0.5, 0.6) is 0 Å². The number of carbonyl (C=O) groups excluding carboxylic acids is 3. The third-order valence-corrected chi connectivity index (χ3v) is 14.5. The van der Waals surface area contributed by atoms with Crippen molar-refractivity contribution in [2.45, 2.75) is 367 Å². The summed E-state index contributed by atoms with van der Waals surface area (Å²) in [5, 5.41) is 0. The van der Waals surface area contributed by atoms with Crippen LogP contribution in [0.4, 0.5) is 0 Å². The molecule has 0 saturated carbocycles. The minimum atomic E-state index is -0.767. The van der Waals surface area contributed by atoms with Gasteiger partial charge in [-0.05, 0) is 38.5 Å². The van der Waals surface area contributed by atoms with Crippen molar-refractivity contribution < 1.29 is 28.6 Å². The number of ether oxygens (including phenoxy) is 3. The lowest BCUT2D eigenvalue weighted by atomic mass is 10.0. The predicted molar refractivity (Wildman–Crippen MR) is 303 cm³/mol. The van der Waals surface area contributed by atoms with Crippen LogP contribution in [-0.4, -0.2) is 37.2 Å². The zero-order valence-electron chi connectivity index (χ0n) is 47.6. The first-order valence-corrected chi connectivity index (χ1v) is 31.7. The summed E-state index contributed by atoms with van der Waals surface area (Å²) in [6.07, 6.45) is 69.8. The Kier molecular flexibility index (Phi) is 58.1. The average molecular weight is 988 g/mol. The molecule has 6 nitrogen and oxygen atoms in total. The third kappa shape index (κ3) is 57.1. The highest BCUT2D eigenvalue weighted by Crippen LogP contribution is 2.18. The SMILES string of the molecule is CCC/C=C\CCCCCCCC(=O)OC(COC(=O)CCCCCCCCCCCC)COC(=O)CCCCCCCCCCCCCCCCCCCCCCCCCCCCCCCCCC. The number of rotatable bonds is 59. The molecule has 0 aliphatic heterocycles. The molecule has 6 heteroatoms. The molecule has 0 bridgehead atoms. The molecule has 0 N–H and O–H groups in total. The molecule has 70 heavy (non-hydrogen) atoms. The fourth-order valence-corrected chi connectivity index (χ4v) is 9.74. The van der Waals surface area contributed by atoms with Crippen LogP contribution in [0.1, 0.15) is 361 Å². The standard InChI is InChI=1S/C64H122O6/c1-4-7-10-13-16-19-22-23-24-25-26-27-28-29-30-31-32-33-34-35-36-37-38-39-40-41-42-43-46-48-51-54-57-63(66)69-60-61(70-64(67)58-55-52-49-45-21-18-15-12-9-6-3)59-68-62(65)56-53-50-47-44-20-17-14-11-8-5-2/h12,15,61H,4-11,13-14,16-60H2,1-3H3/b15-12-. The smallest absolute Gasteiger partial charge is 0.306 e. The molecule has 1 atom stereocenters. The lowest BCUT2D eigenvalue weighted by Crippen LogP contribution is -2.30. The van der Waals surface area contributed by atoms with Crippen LogP contribution in [-0.2, 0) is 28.6 Å². The lowest BCUT2D eigenvalue weighted by molar-refractivity contribution is -0.167. The Balaban J connectivity index is 3.92. The van der Waals surface area contributed by atoms with Crippen molar-refractivity contribution in [1.82, 2.24) is 0 Å². The molecule has 0 saturated heterocycles. The van der Waals surface area contributed by atoms with E-state index >= 15 is 0 Å². The highest BCUT2D eigenvalue weighted by Gasteiger charge is 2.19. The molecule has 0 aromatic rings. The van der Waals surface area contributed by atoms with Gasteiger partial charge in [0.1, 0.15) is 13.2 Å². The normalized spacial score (nSPS) is 12.0. The monoisotopic (exact) mass is 987 g/mol.